The van der Waals surface area contributed by atoms with Gasteiger partial charge < -0.3 is 24.4 Å². The summed E-state index contributed by atoms with van der Waals surface area (Å²) in [5.74, 6) is 1.08. The fourth-order valence-corrected chi connectivity index (χ4v) is 4.42. The van der Waals surface area contributed by atoms with E-state index in [0.717, 1.165) is 64.6 Å². The molecule has 0 spiro atoms. The molecule has 4 rings (SSSR count). The number of amides is 2. The van der Waals surface area contributed by atoms with Gasteiger partial charge in [-0.1, -0.05) is 0 Å². The van der Waals surface area contributed by atoms with E-state index in [4.69, 9.17) is 14.2 Å². The first-order chi connectivity index (χ1) is 14.7. The zero-order valence-electron chi connectivity index (χ0n) is 17.4. The molecule has 30 heavy (non-hydrogen) atoms. The Hall–Kier alpha value is -2.16. The number of rotatable bonds is 8. The lowest BCUT2D eigenvalue weighted by Crippen LogP contribution is -2.52. The molecule has 3 heterocycles. The van der Waals surface area contributed by atoms with Crippen molar-refractivity contribution in [2.24, 2.45) is 5.92 Å². The highest BCUT2D eigenvalue weighted by atomic mass is 16.5. The molecule has 0 bridgehead atoms. The smallest absolute Gasteiger partial charge is 0.257 e. The van der Waals surface area contributed by atoms with E-state index in [1.165, 1.54) is 0 Å². The van der Waals surface area contributed by atoms with E-state index in [9.17, 15) is 9.59 Å². The molecule has 164 valence electrons. The second-order valence-corrected chi connectivity index (χ2v) is 8.07. The minimum absolute atomic E-state index is 0.0288. The van der Waals surface area contributed by atoms with Crippen LogP contribution in [0.3, 0.4) is 0 Å². The third kappa shape index (κ3) is 5.30. The quantitative estimate of drug-likeness (QED) is 0.681. The van der Waals surface area contributed by atoms with Crippen LogP contribution in [-0.2, 0) is 19.1 Å². The largest absolute Gasteiger partial charge is 0.484 e. The molecule has 8 nitrogen and oxygen atoms in total. The molecule has 0 radical (unpaired) electrons. The molecule has 1 N–H and O–H groups in total. The third-order valence-corrected chi connectivity index (χ3v) is 6.12. The summed E-state index contributed by atoms with van der Waals surface area (Å²) < 4.78 is 16.7. The predicted octanol–water partition coefficient (Wildman–Crippen LogP) is 1.05. The van der Waals surface area contributed by atoms with E-state index in [2.05, 4.69) is 10.2 Å². The number of nitrogens with zero attached hydrogens (tertiary/aromatic N) is 2. The van der Waals surface area contributed by atoms with Crippen molar-refractivity contribution < 1.29 is 23.8 Å². The van der Waals surface area contributed by atoms with Gasteiger partial charge in [-0.05, 0) is 37.1 Å². The van der Waals surface area contributed by atoms with Crippen LogP contribution in [0.25, 0.3) is 0 Å². The molecule has 3 aliphatic heterocycles. The maximum absolute atomic E-state index is 12.4. The van der Waals surface area contributed by atoms with Crippen LogP contribution >= 0.6 is 0 Å². The summed E-state index contributed by atoms with van der Waals surface area (Å²) in [5.41, 5.74) is 0.876. The van der Waals surface area contributed by atoms with E-state index in [-0.39, 0.29) is 24.5 Å². The summed E-state index contributed by atoms with van der Waals surface area (Å²) in [6, 6.07) is 7.61. The van der Waals surface area contributed by atoms with Crippen LogP contribution in [0.1, 0.15) is 19.3 Å². The second kappa shape index (κ2) is 10.2. The number of hydrogen-bond donors (Lipinski definition) is 1. The molecule has 0 aromatic heterocycles. The Morgan fingerprint density at radius 1 is 1.13 bits per heavy atom. The fraction of sp³-hybridized carbons (Fsp3) is 0.636. The summed E-state index contributed by atoms with van der Waals surface area (Å²) in [4.78, 5) is 28.4. The Labute approximate surface area is 177 Å². The van der Waals surface area contributed by atoms with Crippen LogP contribution in [0.4, 0.5) is 5.69 Å². The number of carbonyl (C=O) groups is 2. The highest BCUT2D eigenvalue weighted by Gasteiger charge is 2.31. The van der Waals surface area contributed by atoms with E-state index in [0.29, 0.717) is 24.6 Å². The average molecular weight is 418 g/mol. The van der Waals surface area contributed by atoms with Gasteiger partial charge in [-0.25, -0.2) is 0 Å². The molecule has 3 fully saturated rings. The minimum atomic E-state index is -0.133. The van der Waals surface area contributed by atoms with Crippen molar-refractivity contribution in [3.8, 4) is 5.75 Å². The Balaban J connectivity index is 1.24. The summed E-state index contributed by atoms with van der Waals surface area (Å²) in [6.45, 7) is 6.12. The van der Waals surface area contributed by atoms with Gasteiger partial charge in [0, 0.05) is 56.9 Å². The van der Waals surface area contributed by atoms with Gasteiger partial charge in [0.1, 0.15) is 5.75 Å². The zero-order valence-corrected chi connectivity index (χ0v) is 17.4. The van der Waals surface area contributed by atoms with Crippen LogP contribution in [0.5, 0.6) is 5.75 Å². The Morgan fingerprint density at radius 3 is 2.60 bits per heavy atom. The Bertz CT molecular complexity index is 714. The van der Waals surface area contributed by atoms with Gasteiger partial charge in [0.15, 0.2) is 6.61 Å². The minimum Gasteiger partial charge on any atom is -0.484 e. The van der Waals surface area contributed by atoms with Crippen LogP contribution in [0, 0.1) is 5.92 Å². The summed E-state index contributed by atoms with van der Waals surface area (Å²) >= 11 is 0. The predicted molar refractivity (Wildman–Crippen MR) is 112 cm³/mol. The van der Waals surface area contributed by atoms with Gasteiger partial charge in [0.25, 0.3) is 5.91 Å². The molecule has 3 saturated heterocycles. The lowest BCUT2D eigenvalue weighted by Gasteiger charge is -2.37. The van der Waals surface area contributed by atoms with Crippen LogP contribution in [-0.4, -0.2) is 82.0 Å². The first-order valence-electron chi connectivity index (χ1n) is 10.9. The van der Waals surface area contributed by atoms with E-state index < -0.39 is 0 Å². The molecular formula is C22H31N3O5. The number of morpholine rings is 1. The molecular weight excluding hydrogens is 386 g/mol. The van der Waals surface area contributed by atoms with E-state index in [1.54, 1.807) is 17.0 Å². The number of ether oxygens (including phenoxy) is 3. The van der Waals surface area contributed by atoms with E-state index in [1.807, 2.05) is 12.1 Å². The highest BCUT2D eigenvalue weighted by Crippen LogP contribution is 2.24. The molecule has 3 aliphatic rings. The topological polar surface area (TPSA) is 80.3 Å². The molecule has 2 amide bonds. The fourth-order valence-electron chi connectivity index (χ4n) is 4.42. The first kappa shape index (κ1) is 21.1. The number of carbonyl (C=O) groups excluding carboxylic acids is 2. The normalized spacial score (nSPS) is 23.5. The molecule has 0 aliphatic carbocycles. The summed E-state index contributed by atoms with van der Waals surface area (Å²) in [6.07, 6.45) is 2.53. The second-order valence-electron chi connectivity index (χ2n) is 8.07. The molecule has 2 unspecified atom stereocenters. The zero-order chi connectivity index (χ0) is 20.8. The number of nitrogens with one attached hydrogen (secondary N) is 1. The van der Waals surface area contributed by atoms with Crippen molar-refractivity contribution in [1.29, 1.82) is 0 Å². The SMILES string of the molecule is O=C(COc1ccc(N2CCCC2=O)cc1)NCC(C1CCOC1)N1CCOCC1. The van der Waals surface area contributed by atoms with Gasteiger partial charge in [-0.2, -0.15) is 0 Å². The number of benzene rings is 1. The molecule has 2 atom stereocenters. The van der Waals surface area contributed by atoms with Gasteiger partial charge in [0.2, 0.25) is 5.91 Å². The van der Waals surface area contributed by atoms with Gasteiger partial charge in [0.05, 0.1) is 19.8 Å². The summed E-state index contributed by atoms with van der Waals surface area (Å²) in [5, 5.41) is 3.03. The van der Waals surface area contributed by atoms with Crippen molar-refractivity contribution in [3.05, 3.63) is 24.3 Å². The standard InChI is InChI=1S/C22H31N3O5/c26-21(16-30-19-5-3-18(4-6-19)25-8-1-2-22(25)27)23-14-20(17-7-11-29-15-17)24-9-12-28-13-10-24/h3-6,17,20H,1-2,7-16H2,(H,23,26). The van der Waals surface area contributed by atoms with Crippen molar-refractivity contribution in [2.75, 3.05) is 64.1 Å². The highest BCUT2D eigenvalue weighted by molar-refractivity contribution is 5.95. The maximum atomic E-state index is 12.4. The van der Waals surface area contributed by atoms with Gasteiger partial charge in [-0.3, -0.25) is 14.5 Å². The molecule has 1 aromatic rings. The lowest BCUT2D eigenvalue weighted by molar-refractivity contribution is -0.123. The van der Waals surface area contributed by atoms with Gasteiger partial charge in [-0.15, -0.1) is 0 Å². The Morgan fingerprint density at radius 2 is 1.93 bits per heavy atom. The third-order valence-electron chi connectivity index (χ3n) is 6.12. The Kier molecular flexibility index (Phi) is 7.20. The van der Waals surface area contributed by atoms with Crippen LogP contribution in [0.15, 0.2) is 24.3 Å². The molecule has 0 saturated carbocycles. The molecule has 1 aromatic carbocycles. The first-order valence-corrected chi connectivity index (χ1v) is 10.9. The van der Waals surface area contributed by atoms with Crippen molar-refractivity contribution in [2.45, 2.75) is 25.3 Å². The van der Waals surface area contributed by atoms with Crippen LogP contribution < -0.4 is 15.0 Å². The number of anilines is 1. The van der Waals surface area contributed by atoms with Crippen molar-refractivity contribution >= 4 is 17.5 Å². The van der Waals surface area contributed by atoms with Crippen molar-refractivity contribution in [3.63, 3.8) is 0 Å². The monoisotopic (exact) mass is 417 g/mol. The van der Waals surface area contributed by atoms with E-state index >= 15 is 0 Å². The lowest BCUT2D eigenvalue weighted by atomic mass is 9.97. The number of hydrogen-bond acceptors (Lipinski definition) is 6. The van der Waals surface area contributed by atoms with Crippen molar-refractivity contribution in [1.82, 2.24) is 10.2 Å². The van der Waals surface area contributed by atoms with Gasteiger partial charge >= 0.3 is 0 Å². The average Bonchev–Trinajstić information content (AvgIpc) is 3.46. The van der Waals surface area contributed by atoms with Crippen LogP contribution in [0.2, 0.25) is 0 Å². The maximum Gasteiger partial charge on any atom is 0.257 e. The molecule has 8 heteroatoms. The summed E-state index contributed by atoms with van der Waals surface area (Å²) in [7, 11) is 0.